The molecular formula is C22H23FN2O2S2. The SMILES string of the molecule is Cc1ccc(OCc2nc(CC(=O)NCCSCc3ccccc3F)cs2)cc1. The van der Waals surface area contributed by atoms with E-state index in [1.165, 1.54) is 23.0 Å². The molecule has 4 nitrogen and oxygen atoms in total. The van der Waals surface area contributed by atoms with Crippen LogP contribution < -0.4 is 10.1 Å². The Morgan fingerprint density at radius 3 is 2.79 bits per heavy atom. The third-order valence-electron chi connectivity index (χ3n) is 4.11. The molecule has 0 fully saturated rings. The second kappa shape index (κ2) is 11.0. The number of carbonyl (C=O) groups excluding carboxylic acids is 1. The fourth-order valence-electron chi connectivity index (χ4n) is 2.56. The fraction of sp³-hybridized carbons (Fsp3) is 0.273. The second-order valence-electron chi connectivity index (χ2n) is 6.51. The molecule has 0 aliphatic rings. The quantitative estimate of drug-likeness (QED) is 0.471. The van der Waals surface area contributed by atoms with Gasteiger partial charge >= 0.3 is 0 Å². The van der Waals surface area contributed by atoms with E-state index >= 15 is 0 Å². The molecular weight excluding hydrogens is 407 g/mol. The van der Waals surface area contributed by atoms with Gasteiger partial charge in [0.2, 0.25) is 5.91 Å². The number of aryl methyl sites for hydroxylation is 1. The van der Waals surface area contributed by atoms with Crippen molar-refractivity contribution in [3.8, 4) is 5.75 Å². The lowest BCUT2D eigenvalue weighted by molar-refractivity contribution is -0.120. The monoisotopic (exact) mass is 430 g/mol. The topological polar surface area (TPSA) is 51.2 Å². The Morgan fingerprint density at radius 1 is 1.21 bits per heavy atom. The zero-order valence-corrected chi connectivity index (χ0v) is 17.8. The van der Waals surface area contributed by atoms with Gasteiger partial charge in [-0.1, -0.05) is 35.9 Å². The molecule has 0 aliphatic carbocycles. The van der Waals surface area contributed by atoms with E-state index in [1.807, 2.05) is 42.6 Å². The smallest absolute Gasteiger partial charge is 0.226 e. The van der Waals surface area contributed by atoms with E-state index < -0.39 is 0 Å². The lowest BCUT2D eigenvalue weighted by Crippen LogP contribution is -2.27. The minimum atomic E-state index is -0.185. The molecule has 1 amide bonds. The predicted molar refractivity (Wildman–Crippen MR) is 117 cm³/mol. The van der Waals surface area contributed by atoms with Gasteiger partial charge in [0.15, 0.2) is 0 Å². The first-order valence-corrected chi connectivity index (χ1v) is 11.3. The Balaban J connectivity index is 1.33. The lowest BCUT2D eigenvalue weighted by atomic mass is 10.2. The molecule has 3 rings (SSSR count). The van der Waals surface area contributed by atoms with Gasteiger partial charge in [-0.05, 0) is 30.7 Å². The molecule has 0 spiro atoms. The van der Waals surface area contributed by atoms with E-state index in [4.69, 9.17) is 4.74 Å². The largest absolute Gasteiger partial charge is 0.486 e. The lowest BCUT2D eigenvalue weighted by Gasteiger charge is -2.05. The fourth-order valence-corrected chi connectivity index (χ4v) is 4.11. The number of aromatic nitrogens is 1. The normalized spacial score (nSPS) is 10.7. The van der Waals surface area contributed by atoms with Crippen LogP contribution in [-0.4, -0.2) is 23.2 Å². The summed E-state index contributed by atoms with van der Waals surface area (Å²) < 4.78 is 19.3. The summed E-state index contributed by atoms with van der Waals surface area (Å²) in [5.74, 6) is 1.88. The summed E-state index contributed by atoms with van der Waals surface area (Å²) in [5, 5.41) is 5.62. The van der Waals surface area contributed by atoms with Crippen LogP contribution in [-0.2, 0) is 23.6 Å². The van der Waals surface area contributed by atoms with Gasteiger partial charge in [0.25, 0.3) is 0 Å². The van der Waals surface area contributed by atoms with Gasteiger partial charge in [0.1, 0.15) is 23.2 Å². The minimum Gasteiger partial charge on any atom is -0.486 e. The molecule has 0 atom stereocenters. The maximum Gasteiger partial charge on any atom is 0.226 e. The molecule has 3 aromatic rings. The molecule has 29 heavy (non-hydrogen) atoms. The van der Waals surface area contributed by atoms with Crippen molar-refractivity contribution in [1.29, 1.82) is 0 Å². The molecule has 0 bridgehead atoms. The van der Waals surface area contributed by atoms with E-state index in [0.717, 1.165) is 22.2 Å². The van der Waals surface area contributed by atoms with Crippen molar-refractivity contribution < 1.29 is 13.9 Å². The number of nitrogens with one attached hydrogen (secondary N) is 1. The van der Waals surface area contributed by atoms with Gasteiger partial charge in [-0.2, -0.15) is 11.8 Å². The van der Waals surface area contributed by atoms with Crippen LogP contribution >= 0.6 is 23.1 Å². The molecule has 0 unspecified atom stereocenters. The van der Waals surface area contributed by atoms with Crippen LogP contribution in [0.15, 0.2) is 53.9 Å². The zero-order valence-electron chi connectivity index (χ0n) is 16.2. The number of hydrogen-bond acceptors (Lipinski definition) is 5. The van der Waals surface area contributed by atoms with Crippen LogP contribution in [0.2, 0.25) is 0 Å². The molecule has 1 N–H and O–H groups in total. The van der Waals surface area contributed by atoms with Crippen molar-refractivity contribution in [1.82, 2.24) is 10.3 Å². The standard InChI is InChI=1S/C22H23FN2O2S2/c1-16-6-8-19(9-7-16)27-13-22-25-18(15-29-22)12-21(26)24-10-11-28-14-17-4-2-3-5-20(17)23/h2-9,15H,10-14H2,1H3,(H,24,26). The summed E-state index contributed by atoms with van der Waals surface area (Å²) in [4.78, 5) is 16.5. The maximum atomic E-state index is 13.5. The number of thiazole rings is 1. The first-order valence-electron chi connectivity index (χ1n) is 9.31. The van der Waals surface area contributed by atoms with Crippen LogP contribution in [0.3, 0.4) is 0 Å². The van der Waals surface area contributed by atoms with Crippen molar-refractivity contribution in [3.63, 3.8) is 0 Å². The number of benzene rings is 2. The average Bonchev–Trinajstić information content (AvgIpc) is 3.16. The van der Waals surface area contributed by atoms with Crippen LogP contribution in [0.4, 0.5) is 4.39 Å². The third kappa shape index (κ3) is 7.18. The Kier molecular flexibility index (Phi) is 8.07. The molecule has 0 radical (unpaired) electrons. The zero-order chi connectivity index (χ0) is 20.5. The maximum absolute atomic E-state index is 13.5. The van der Waals surface area contributed by atoms with Gasteiger partial charge in [-0.15, -0.1) is 11.3 Å². The van der Waals surface area contributed by atoms with Gasteiger partial charge in [0, 0.05) is 23.4 Å². The van der Waals surface area contributed by atoms with Crippen LogP contribution in [0.5, 0.6) is 5.75 Å². The van der Waals surface area contributed by atoms with E-state index in [0.29, 0.717) is 24.5 Å². The number of rotatable bonds is 10. The molecule has 152 valence electrons. The Morgan fingerprint density at radius 2 is 2.00 bits per heavy atom. The summed E-state index contributed by atoms with van der Waals surface area (Å²) in [5.41, 5.74) is 2.62. The summed E-state index contributed by atoms with van der Waals surface area (Å²) in [6, 6.07) is 14.6. The highest BCUT2D eigenvalue weighted by molar-refractivity contribution is 7.98. The molecule has 1 aromatic heterocycles. The summed E-state index contributed by atoms with van der Waals surface area (Å²) in [6.45, 7) is 2.97. The van der Waals surface area contributed by atoms with Crippen LogP contribution in [0.25, 0.3) is 0 Å². The first kappa shape index (κ1) is 21.3. The Hall–Kier alpha value is -2.38. The number of ether oxygens (including phenoxy) is 1. The summed E-state index contributed by atoms with van der Waals surface area (Å²) in [7, 11) is 0. The molecule has 0 aliphatic heterocycles. The van der Waals surface area contributed by atoms with Gasteiger partial charge in [-0.3, -0.25) is 4.79 Å². The number of hydrogen-bond donors (Lipinski definition) is 1. The molecule has 0 saturated carbocycles. The average molecular weight is 431 g/mol. The number of nitrogens with zero attached hydrogens (tertiary/aromatic N) is 1. The van der Waals surface area contributed by atoms with Gasteiger partial charge in [0.05, 0.1) is 12.1 Å². The van der Waals surface area contributed by atoms with Crippen molar-refractivity contribution in [2.45, 2.75) is 25.7 Å². The van der Waals surface area contributed by atoms with E-state index in [-0.39, 0.29) is 18.1 Å². The first-order chi connectivity index (χ1) is 14.1. The van der Waals surface area contributed by atoms with E-state index in [1.54, 1.807) is 23.9 Å². The van der Waals surface area contributed by atoms with Crippen LogP contribution in [0, 0.1) is 12.7 Å². The van der Waals surface area contributed by atoms with Crippen molar-refractivity contribution in [2.24, 2.45) is 0 Å². The Bertz CT molecular complexity index is 929. The van der Waals surface area contributed by atoms with Crippen molar-refractivity contribution in [3.05, 3.63) is 81.6 Å². The predicted octanol–water partition coefficient (Wildman–Crippen LogP) is 4.76. The molecule has 2 aromatic carbocycles. The molecule has 1 heterocycles. The van der Waals surface area contributed by atoms with E-state index in [2.05, 4.69) is 10.3 Å². The number of halogens is 1. The number of thioether (sulfide) groups is 1. The second-order valence-corrected chi connectivity index (χ2v) is 8.55. The summed E-state index contributed by atoms with van der Waals surface area (Å²) >= 11 is 3.08. The molecule has 7 heteroatoms. The van der Waals surface area contributed by atoms with Crippen LogP contribution in [0.1, 0.15) is 21.8 Å². The van der Waals surface area contributed by atoms with Crippen molar-refractivity contribution in [2.75, 3.05) is 12.3 Å². The highest BCUT2D eigenvalue weighted by atomic mass is 32.2. The van der Waals surface area contributed by atoms with Gasteiger partial charge < -0.3 is 10.1 Å². The van der Waals surface area contributed by atoms with Gasteiger partial charge in [-0.25, -0.2) is 9.37 Å². The highest BCUT2D eigenvalue weighted by Crippen LogP contribution is 2.17. The highest BCUT2D eigenvalue weighted by Gasteiger charge is 2.08. The van der Waals surface area contributed by atoms with Crippen molar-refractivity contribution >= 4 is 29.0 Å². The van der Waals surface area contributed by atoms with E-state index in [9.17, 15) is 9.18 Å². The Labute approximate surface area is 178 Å². The summed E-state index contributed by atoms with van der Waals surface area (Å²) in [6.07, 6.45) is 0.249. The third-order valence-corrected chi connectivity index (χ3v) is 5.99. The minimum absolute atomic E-state index is 0.0622. The molecule has 0 saturated heterocycles. The number of amides is 1. The number of carbonyl (C=O) groups is 1.